The molecule has 10 heteroatoms. The molecule has 0 saturated heterocycles. The molecule has 1 amide bonds. The van der Waals surface area contributed by atoms with Gasteiger partial charge in [-0.2, -0.15) is 0 Å². The summed E-state index contributed by atoms with van der Waals surface area (Å²) in [5.41, 5.74) is 1.79. The maximum absolute atomic E-state index is 12.6. The van der Waals surface area contributed by atoms with Gasteiger partial charge in [-0.1, -0.05) is 0 Å². The number of thiophene rings is 1. The zero-order chi connectivity index (χ0) is 21.1. The zero-order valence-electron chi connectivity index (χ0n) is 16.6. The number of ether oxygens (including phenoxy) is 1. The number of thiazole rings is 1. The van der Waals surface area contributed by atoms with Crippen LogP contribution in [-0.4, -0.2) is 33.9 Å². The number of aryl methyl sites for hydroxylation is 4. The second kappa shape index (κ2) is 9.05. The third kappa shape index (κ3) is 4.59. The lowest BCUT2D eigenvalue weighted by Crippen LogP contribution is -2.16. The van der Waals surface area contributed by atoms with E-state index in [4.69, 9.17) is 0 Å². The van der Waals surface area contributed by atoms with E-state index >= 15 is 0 Å². The molecule has 0 aliphatic heterocycles. The normalized spacial score (nSPS) is 13.2. The fourth-order valence-electron chi connectivity index (χ4n) is 3.55. The highest BCUT2D eigenvalue weighted by atomic mass is 32.1. The number of carbonyl (C=O) groups excluding carboxylic acids is 2. The van der Waals surface area contributed by atoms with Crippen LogP contribution in [0, 0.1) is 0 Å². The van der Waals surface area contributed by atoms with Gasteiger partial charge in [0.2, 0.25) is 5.91 Å². The number of esters is 1. The molecule has 1 aliphatic rings. The average molecular weight is 447 g/mol. The number of amides is 1. The van der Waals surface area contributed by atoms with Crippen LogP contribution >= 0.6 is 22.7 Å². The van der Waals surface area contributed by atoms with Gasteiger partial charge >= 0.3 is 5.97 Å². The van der Waals surface area contributed by atoms with Crippen LogP contribution < -0.4 is 10.9 Å². The van der Waals surface area contributed by atoms with Gasteiger partial charge in [0.1, 0.15) is 10.7 Å². The van der Waals surface area contributed by atoms with Gasteiger partial charge in [-0.15, -0.1) is 22.7 Å². The first-order valence-electron chi connectivity index (χ1n) is 9.88. The lowest BCUT2D eigenvalue weighted by Gasteiger charge is -2.09. The number of hydrogen-bond donors (Lipinski definition) is 2. The fraction of sp³-hybridized carbons (Fsp3) is 0.450. The number of rotatable bonds is 7. The van der Waals surface area contributed by atoms with Crippen LogP contribution in [0.15, 0.2) is 10.2 Å². The molecule has 0 fully saturated rings. The van der Waals surface area contributed by atoms with E-state index in [-0.39, 0.29) is 30.3 Å². The first-order chi connectivity index (χ1) is 14.5. The molecule has 0 radical (unpaired) electrons. The van der Waals surface area contributed by atoms with Crippen molar-refractivity contribution in [2.75, 3.05) is 12.4 Å². The minimum absolute atomic E-state index is 0.107. The summed E-state index contributed by atoms with van der Waals surface area (Å²) in [5, 5.41) is 5.79. The lowest BCUT2D eigenvalue weighted by atomic mass is 9.97. The molecule has 158 valence electrons. The molecule has 3 aromatic rings. The van der Waals surface area contributed by atoms with E-state index in [2.05, 4.69) is 25.0 Å². The second-order valence-corrected chi connectivity index (χ2v) is 9.11. The molecule has 3 heterocycles. The molecular formula is C20H22N4O4S2. The van der Waals surface area contributed by atoms with Crippen molar-refractivity contribution >= 4 is 49.9 Å². The van der Waals surface area contributed by atoms with Crippen molar-refractivity contribution in [3.8, 4) is 0 Å². The number of aromatic amines is 1. The molecule has 3 aromatic heterocycles. The molecule has 0 bridgehead atoms. The third-order valence-electron chi connectivity index (χ3n) is 5.07. The van der Waals surface area contributed by atoms with E-state index in [1.165, 1.54) is 23.3 Å². The Balaban J connectivity index is 1.36. The van der Waals surface area contributed by atoms with Gasteiger partial charge in [0.05, 0.1) is 24.6 Å². The fourth-order valence-corrected chi connectivity index (χ4v) is 5.59. The summed E-state index contributed by atoms with van der Waals surface area (Å²) < 4.78 is 4.61. The van der Waals surface area contributed by atoms with Gasteiger partial charge < -0.3 is 15.0 Å². The van der Waals surface area contributed by atoms with Gasteiger partial charge in [0, 0.05) is 29.5 Å². The lowest BCUT2D eigenvalue weighted by molar-refractivity contribution is -0.140. The van der Waals surface area contributed by atoms with Crippen LogP contribution in [0.4, 0.5) is 5.13 Å². The van der Waals surface area contributed by atoms with Crippen molar-refractivity contribution in [2.45, 2.75) is 51.4 Å². The maximum atomic E-state index is 12.6. The monoisotopic (exact) mass is 446 g/mol. The molecule has 8 nitrogen and oxygen atoms in total. The van der Waals surface area contributed by atoms with Gasteiger partial charge in [-0.05, 0) is 31.2 Å². The van der Waals surface area contributed by atoms with Crippen LogP contribution in [0.1, 0.15) is 47.6 Å². The highest BCUT2D eigenvalue weighted by Gasteiger charge is 2.20. The van der Waals surface area contributed by atoms with E-state index in [0.29, 0.717) is 23.8 Å². The van der Waals surface area contributed by atoms with E-state index in [9.17, 15) is 14.4 Å². The number of H-pyrrole nitrogens is 1. The highest BCUT2D eigenvalue weighted by Crippen LogP contribution is 2.33. The molecule has 0 saturated carbocycles. The summed E-state index contributed by atoms with van der Waals surface area (Å²) in [7, 11) is 1.35. The Kier molecular flexibility index (Phi) is 6.24. The summed E-state index contributed by atoms with van der Waals surface area (Å²) >= 11 is 2.91. The first kappa shape index (κ1) is 20.7. The number of aromatic nitrogens is 3. The topological polar surface area (TPSA) is 114 Å². The number of nitrogens with zero attached hydrogens (tertiary/aromatic N) is 2. The van der Waals surface area contributed by atoms with Crippen molar-refractivity contribution < 1.29 is 14.3 Å². The smallest absolute Gasteiger partial charge is 0.305 e. The molecule has 2 N–H and O–H groups in total. The number of anilines is 1. The summed E-state index contributed by atoms with van der Waals surface area (Å²) in [6.45, 7) is 0. The predicted octanol–water partition coefficient (Wildman–Crippen LogP) is 3.00. The predicted molar refractivity (Wildman–Crippen MR) is 116 cm³/mol. The number of methoxy groups -OCH3 is 1. The quantitative estimate of drug-likeness (QED) is 0.539. The minimum Gasteiger partial charge on any atom is -0.469 e. The third-order valence-corrected chi connectivity index (χ3v) is 7.07. The molecule has 30 heavy (non-hydrogen) atoms. The van der Waals surface area contributed by atoms with E-state index in [1.54, 1.807) is 11.3 Å². The Bertz CT molecular complexity index is 1150. The Hall–Kier alpha value is -2.59. The first-order valence-corrected chi connectivity index (χ1v) is 11.6. The molecule has 0 atom stereocenters. The second-order valence-electron chi connectivity index (χ2n) is 7.17. The Labute approximate surface area is 180 Å². The van der Waals surface area contributed by atoms with E-state index < -0.39 is 0 Å². The van der Waals surface area contributed by atoms with Gasteiger partial charge in [0.15, 0.2) is 5.13 Å². The van der Waals surface area contributed by atoms with Crippen molar-refractivity contribution in [1.29, 1.82) is 0 Å². The van der Waals surface area contributed by atoms with E-state index in [1.807, 2.05) is 5.38 Å². The van der Waals surface area contributed by atoms with Crippen molar-refractivity contribution in [3.63, 3.8) is 0 Å². The summed E-state index contributed by atoms with van der Waals surface area (Å²) in [6.07, 6.45) is 5.49. The van der Waals surface area contributed by atoms with Crippen LogP contribution in [0.25, 0.3) is 10.2 Å². The van der Waals surface area contributed by atoms with Crippen LogP contribution in [0.3, 0.4) is 0 Å². The summed E-state index contributed by atoms with van der Waals surface area (Å²) in [5.74, 6) is 0.0369. The van der Waals surface area contributed by atoms with Crippen molar-refractivity contribution in [2.24, 2.45) is 0 Å². The SMILES string of the molecule is COC(=O)CCc1csc(NC(=O)CCc2nc3sc4c(c3c(=O)[nH]2)CCCC4)n1. The zero-order valence-corrected chi connectivity index (χ0v) is 18.2. The largest absolute Gasteiger partial charge is 0.469 e. The van der Waals surface area contributed by atoms with Gasteiger partial charge in [0.25, 0.3) is 5.56 Å². The van der Waals surface area contributed by atoms with Crippen LogP contribution in [-0.2, 0) is 40.0 Å². The Morgan fingerprint density at radius 3 is 2.87 bits per heavy atom. The molecule has 0 aromatic carbocycles. The van der Waals surface area contributed by atoms with Crippen molar-refractivity contribution in [1.82, 2.24) is 15.0 Å². The average Bonchev–Trinajstić information content (AvgIpc) is 3.34. The maximum Gasteiger partial charge on any atom is 0.305 e. The molecule has 1 aliphatic carbocycles. The molecule has 4 rings (SSSR count). The molecule has 0 unspecified atom stereocenters. The number of fused-ring (bicyclic) bond motifs is 3. The number of hydrogen-bond acceptors (Lipinski definition) is 8. The van der Waals surface area contributed by atoms with Gasteiger partial charge in [-0.25, -0.2) is 9.97 Å². The summed E-state index contributed by atoms with van der Waals surface area (Å²) in [4.78, 5) is 49.9. The number of nitrogens with one attached hydrogen (secondary N) is 2. The van der Waals surface area contributed by atoms with E-state index in [0.717, 1.165) is 47.2 Å². The van der Waals surface area contributed by atoms with Gasteiger partial charge in [-0.3, -0.25) is 14.4 Å². The Morgan fingerprint density at radius 1 is 1.20 bits per heavy atom. The summed E-state index contributed by atoms with van der Waals surface area (Å²) in [6, 6.07) is 0. The van der Waals surface area contributed by atoms with Crippen LogP contribution in [0.5, 0.6) is 0 Å². The highest BCUT2D eigenvalue weighted by molar-refractivity contribution is 7.18. The molecule has 0 spiro atoms. The standard InChI is InChI=1S/C20H22N4O4S2/c1-28-16(26)9-6-11-10-29-20(21-11)24-15(25)8-7-14-22-18(27)17-12-4-2-3-5-13(12)30-19(17)23-14/h10H,2-9H2,1H3,(H,21,24,25)(H,22,23,27). The molecular weight excluding hydrogens is 424 g/mol. The van der Waals surface area contributed by atoms with Crippen molar-refractivity contribution in [3.05, 3.63) is 37.7 Å². The minimum atomic E-state index is -0.293. The van der Waals surface area contributed by atoms with Crippen LogP contribution in [0.2, 0.25) is 0 Å². The number of carbonyl (C=O) groups is 2. The Morgan fingerprint density at radius 2 is 2.03 bits per heavy atom.